The monoisotopic (exact) mass is 450 g/mol. The van der Waals surface area contributed by atoms with Crippen molar-refractivity contribution in [2.24, 2.45) is 0 Å². The second-order valence-corrected chi connectivity index (χ2v) is 7.24. The minimum absolute atomic E-state index is 0.132. The topological polar surface area (TPSA) is 119 Å². The van der Waals surface area contributed by atoms with Gasteiger partial charge in [-0.3, -0.25) is 19.0 Å². The van der Waals surface area contributed by atoms with E-state index in [9.17, 15) is 19.2 Å². The first kappa shape index (κ1) is 23.6. The number of nitrogens with one attached hydrogen (secondary N) is 2. The number of para-hydroxylation sites is 2. The molecule has 2 amide bonds. The average molecular weight is 450 g/mol. The number of nitrogens with zero attached hydrogens (tertiary/aromatic N) is 2. The zero-order valence-electron chi connectivity index (χ0n) is 18.6. The summed E-state index contributed by atoms with van der Waals surface area (Å²) in [6, 6.07) is 13.3. The molecule has 0 aliphatic heterocycles. The van der Waals surface area contributed by atoms with E-state index in [1.807, 2.05) is 6.92 Å². The molecular formula is C24H26N4O5. The summed E-state index contributed by atoms with van der Waals surface area (Å²) in [5.74, 6) is -1.01. The molecule has 0 radical (unpaired) electrons. The molecule has 3 rings (SSSR count). The van der Waals surface area contributed by atoms with E-state index in [2.05, 4.69) is 15.6 Å². The van der Waals surface area contributed by atoms with Gasteiger partial charge in [0, 0.05) is 25.1 Å². The Bertz CT molecular complexity index is 1220. The summed E-state index contributed by atoms with van der Waals surface area (Å²) >= 11 is 0. The Kier molecular flexibility index (Phi) is 7.91. The number of anilines is 1. The van der Waals surface area contributed by atoms with Gasteiger partial charge in [0.1, 0.15) is 12.2 Å². The first-order chi connectivity index (χ1) is 15.9. The third-order valence-corrected chi connectivity index (χ3v) is 4.86. The number of aromatic nitrogens is 2. The van der Waals surface area contributed by atoms with Crippen molar-refractivity contribution in [3.63, 3.8) is 0 Å². The first-order valence-corrected chi connectivity index (χ1v) is 10.7. The lowest BCUT2D eigenvalue weighted by Crippen LogP contribution is -2.32. The van der Waals surface area contributed by atoms with Gasteiger partial charge in [0.15, 0.2) is 0 Å². The van der Waals surface area contributed by atoms with Gasteiger partial charge < -0.3 is 15.4 Å². The molecule has 0 aliphatic carbocycles. The van der Waals surface area contributed by atoms with E-state index in [1.165, 1.54) is 4.57 Å². The number of hydrogen-bond acceptors (Lipinski definition) is 6. The summed E-state index contributed by atoms with van der Waals surface area (Å²) in [6.07, 6.45) is 0.305. The van der Waals surface area contributed by atoms with E-state index in [4.69, 9.17) is 4.74 Å². The van der Waals surface area contributed by atoms with Crippen LogP contribution >= 0.6 is 0 Å². The maximum Gasteiger partial charge on any atom is 0.338 e. The quantitative estimate of drug-likeness (QED) is 0.483. The highest BCUT2D eigenvalue weighted by molar-refractivity contribution is 5.93. The first-order valence-electron chi connectivity index (χ1n) is 10.7. The van der Waals surface area contributed by atoms with Gasteiger partial charge >= 0.3 is 5.97 Å². The van der Waals surface area contributed by atoms with Crippen molar-refractivity contribution in [3.8, 4) is 0 Å². The van der Waals surface area contributed by atoms with Crippen LogP contribution in [-0.4, -0.2) is 40.5 Å². The van der Waals surface area contributed by atoms with E-state index in [1.54, 1.807) is 55.5 Å². The van der Waals surface area contributed by atoms with Crippen LogP contribution in [0.1, 0.15) is 36.3 Å². The number of hydrogen-bond donors (Lipinski definition) is 2. The van der Waals surface area contributed by atoms with Crippen molar-refractivity contribution in [1.82, 2.24) is 14.9 Å². The van der Waals surface area contributed by atoms with Crippen LogP contribution in [-0.2, 0) is 27.3 Å². The number of benzene rings is 2. The van der Waals surface area contributed by atoms with Crippen LogP contribution in [0.25, 0.3) is 11.0 Å². The van der Waals surface area contributed by atoms with Gasteiger partial charge in [-0.05, 0) is 50.2 Å². The standard InChI is InChI=1S/C24H26N4O5/c1-3-25-21(29)14-13-19-23(31)28(20-8-6-5-7-18(20)27-19)15-22(30)26-17-11-9-16(10-12-17)24(32)33-4-2/h5-12H,3-4,13-15H2,1-2H3,(H,25,29)(H,26,30). The second kappa shape index (κ2) is 11.0. The van der Waals surface area contributed by atoms with Gasteiger partial charge in [-0.25, -0.2) is 9.78 Å². The number of aryl methyl sites for hydroxylation is 1. The molecule has 3 aromatic rings. The van der Waals surface area contributed by atoms with Crippen molar-refractivity contribution in [1.29, 1.82) is 0 Å². The Labute approximate surface area is 190 Å². The lowest BCUT2D eigenvalue weighted by molar-refractivity contribution is -0.121. The van der Waals surface area contributed by atoms with Crippen LogP contribution in [0.4, 0.5) is 5.69 Å². The van der Waals surface area contributed by atoms with Crippen LogP contribution in [0.15, 0.2) is 53.3 Å². The van der Waals surface area contributed by atoms with Gasteiger partial charge in [-0.15, -0.1) is 0 Å². The summed E-state index contributed by atoms with van der Waals surface area (Å²) in [4.78, 5) is 53.8. The molecule has 2 aromatic carbocycles. The highest BCUT2D eigenvalue weighted by Crippen LogP contribution is 2.13. The third-order valence-electron chi connectivity index (χ3n) is 4.86. The molecule has 0 atom stereocenters. The van der Waals surface area contributed by atoms with Crippen molar-refractivity contribution in [2.45, 2.75) is 33.2 Å². The van der Waals surface area contributed by atoms with E-state index in [0.717, 1.165) is 0 Å². The number of carbonyl (C=O) groups is 3. The largest absolute Gasteiger partial charge is 0.462 e. The highest BCUT2D eigenvalue weighted by Gasteiger charge is 2.15. The molecule has 0 saturated heterocycles. The number of ether oxygens (including phenoxy) is 1. The fraction of sp³-hybridized carbons (Fsp3) is 0.292. The molecule has 2 N–H and O–H groups in total. The van der Waals surface area contributed by atoms with Gasteiger partial charge in [0.25, 0.3) is 5.56 Å². The fourth-order valence-corrected chi connectivity index (χ4v) is 3.33. The normalized spacial score (nSPS) is 10.6. The smallest absolute Gasteiger partial charge is 0.338 e. The van der Waals surface area contributed by atoms with E-state index < -0.39 is 17.4 Å². The molecule has 9 heteroatoms. The Morgan fingerprint density at radius 1 is 1.00 bits per heavy atom. The predicted molar refractivity (Wildman–Crippen MR) is 124 cm³/mol. The van der Waals surface area contributed by atoms with E-state index in [-0.39, 0.29) is 37.6 Å². The van der Waals surface area contributed by atoms with Crippen molar-refractivity contribution >= 4 is 34.5 Å². The summed E-state index contributed by atoms with van der Waals surface area (Å²) < 4.78 is 6.30. The molecule has 0 saturated carbocycles. The van der Waals surface area contributed by atoms with Gasteiger partial charge in [-0.1, -0.05) is 12.1 Å². The fourth-order valence-electron chi connectivity index (χ4n) is 3.33. The zero-order chi connectivity index (χ0) is 23.8. The number of fused-ring (bicyclic) bond motifs is 1. The van der Waals surface area contributed by atoms with E-state index in [0.29, 0.717) is 28.8 Å². The number of carbonyl (C=O) groups excluding carboxylic acids is 3. The van der Waals surface area contributed by atoms with Crippen molar-refractivity contribution in [3.05, 3.63) is 70.1 Å². The van der Waals surface area contributed by atoms with Crippen molar-refractivity contribution < 1.29 is 19.1 Å². The Balaban J connectivity index is 1.80. The van der Waals surface area contributed by atoms with Crippen LogP contribution in [0.2, 0.25) is 0 Å². The van der Waals surface area contributed by atoms with Gasteiger partial charge in [0.2, 0.25) is 11.8 Å². The average Bonchev–Trinajstić information content (AvgIpc) is 2.80. The van der Waals surface area contributed by atoms with Gasteiger partial charge in [-0.2, -0.15) is 0 Å². The van der Waals surface area contributed by atoms with E-state index >= 15 is 0 Å². The molecular weight excluding hydrogens is 424 g/mol. The molecule has 0 spiro atoms. The maximum absolute atomic E-state index is 13.1. The molecule has 0 unspecified atom stereocenters. The van der Waals surface area contributed by atoms with Crippen LogP contribution in [0, 0.1) is 0 Å². The number of rotatable bonds is 9. The highest BCUT2D eigenvalue weighted by atomic mass is 16.5. The van der Waals surface area contributed by atoms with Gasteiger partial charge in [0.05, 0.1) is 23.2 Å². The molecule has 0 fully saturated rings. The van der Waals surface area contributed by atoms with Crippen LogP contribution in [0.5, 0.6) is 0 Å². The second-order valence-electron chi connectivity index (χ2n) is 7.24. The van der Waals surface area contributed by atoms with Crippen LogP contribution in [0.3, 0.4) is 0 Å². The molecule has 1 aromatic heterocycles. The minimum Gasteiger partial charge on any atom is -0.462 e. The minimum atomic E-state index is -0.440. The molecule has 0 bridgehead atoms. The summed E-state index contributed by atoms with van der Waals surface area (Å²) in [5, 5.41) is 5.43. The summed E-state index contributed by atoms with van der Waals surface area (Å²) in [7, 11) is 0. The lowest BCUT2D eigenvalue weighted by atomic mass is 10.2. The molecule has 1 heterocycles. The zero-order valence-corrected chi connectivity index (χ0v) is 18.6. The predicted octanol–water partition coefficient (Wildman–Crippen LogP) is 2.28. The lowest BCUT2D eigenvalue weighted by Gasteiger charge is -2.13. The molecule has 33 heavy (non-hydrogen) atoms. The maximum atomic E-state index is 13.1. The Morgan fingerprint density at radius 3 is 2.42 bits per heavy atom. The Hall–Kier alpha value is -4.01. The summed E-state index contributed by atoms with van der Waals surface area (Å²) in [6.45, 7) is 4.10. The SMILES string of the molecule is CCNC(=O)CCc1nc2ccccc2n(CC(=O)Nc2ccc(C(=O)OCC)cc2)c1=O. The van der Waals surface area contributed by atoms with Crippen LogP contribution < -0.4 is 16.2 Å². The Morgan fingerprint density at radius 2 is 1.73 bits per heavy atom. The molecule has 0 aliphatic rings. The summed E-state index contributed by atoms with van der Waals surface area (Å²) in [5.41, 5.74) is 1.77. The molecule has 172 valence electrons. The third kappa shape index (κ3) is 6.03. The number of amides is 2. The van der Waals surface area contributed by atoms with Crippen molar-refractivity contribution in [2.75, 3.05) is 18.5 Å². The number of esters is 1. The molecule has 9 nitrogen and oxygen atoms in total.